The molecule has 1 rings (SSSR count). The van der Waals surface area contributed by atoms with Crippen LogP contribution in [0, 0.1) is 0 Å². The van der Waals surface area contributed by atoms with E-state index in [1.807, 2.05) is 6.08 Å². The lowest BCUT2D eigenvalue weighted by atomic mass is 10.0. The molecule has 1 aromatic rings. The van der Waals surface area contributed by atoms with Crippen molar-refractivity contribution >= 4 is 0 Å². The maximum atomic E-state index is 3.86. The van der Waals surface area contributed by atoms with E-state index < -0.39 is 0 Å². The Kier molecular flexibility index (Phi) is 6.61. The fraction of sp³-hybridized carbons (Fsp3) is 0.429. The van der Waals surface area contributed by atoms with E-state index in [4.69, 9.17) is 0 Å². The van der Waals surface area contributed by atoms with Gasteiger partial charge < -0.3 is 21.5 Å². The molecule has 1 aromatic carbocycles. The fourth-order valence-electron chi connectivity index (χ4n) is 1.88. The van der Waals surface area contributed by atoms with Crippen molar-refractivity contribution in [1.29, 1.82) is 0 Å². The molecule has 0 saturated carbocycles. The summed E-state index contributed by atoms with van der Waals surface area (Å²) in [5.41, 5.74) is 1.41. The first kappa shape index (κ1) is 15.4. The molecule has 0 radical (unpaired) electrons. The van der Waals surface area contributed by atoms with Crippen LogP contribution in [0.2, 0.25) is 0 Å². The summed E-state index contributed by atoms with van der Waals surface area (Å²) < 4.78 is 1.01. The molecule has 0 aliphatic heterocycles. The molecule has 0 aliphatic carbocycles. The minimum atomic E-state index is 0. The summed E-state index contributed by atoms with van der Waals surface area (Å²) in [6.07, 6.45) is 3.05. The zero-order valence-corrected chi connectivity index (χ0v) is 12.1. The molecular formula is C14H22BrN. The standard InChI is InChI=1S/C14H22N.BrH/c1-5-10-14(15(3,4)6-2)13-11-8-7-9-12-13;/h5,7-9,11-12,14H,1,6,10H2,2-4H3;1H/q+1;/p-1. The normalized spacial score (nSPS) is 12.7. The van der Waals surface area contributed by atoms with Crippen molar-refractivity contribution in [2.45, 2.75) is 19.4 Å². The second kappa shape index (κ2) is 6.87. The van der Waals surface area contributed by atoms with Gasteiger partial charge in [-0.25, -0.2) is 0 Å². The second-order valence-electron chi connectivity index (χ2n) is 4.55. The zero-order chi connectivity index (χ0) is 11.3. The highest BCUT2D eigenvalue weighted by Crippen LogP contribution is 2.28. The molecule has 0 aromatic heterocycles. The van der Waals surface area contributed by atoms with Crippen molar-refractivity contribution in [2.75, 3.05) is 20.6 Å². The Bertz CT molecular complexity index is 306. The highest BCUT2D eigenvalue weighted by Gasteiger charge is 2.26. The van der Waals surface area contributed by atoms with Gasteiger partial charge in [-0.2, -0.15) is 0 Å². The third-order valence-electron chi connectivity index (χ3n) is 3.23. The minimum absolute atomic E-state index is 0. The Morgan fingerprint density at radius 2 is 1.81 bits per heavy atom. The van der Waals surface area contributed by atoms with Crippen molar-refractivity contribution in [3.05, 3.63) is 48.6 Å². The summed E-state index contributed by atoms with van der Waals surface area (Å²) in [5, 5.41) is 0. The molecule has 0 heterocycles. The summed E-state index contributed by atoms with van der Waals surface area (Å²) in [5.74, 6) is 0. The van der Waals surface area contributed by atoms with E-state index >= 15 is 0 Å². The van der Waals surface area contributed by atoms with Gasteiger partial charge in [0.1, 0.15) is 6.04 Å². The van der Waals surface area contributed by atoms with Crippen LogP contribution in [0.25, 0.3) is 0 Å². The van der Waals surface area contributed by atoms with Crippen molar-refractivity contribution < 1.29 is 21.5 Å². The van der Waals surface area contributed by atoms with Crippen LogP contribution in [0.5, 0.6) is 0 Å². The predicted molar refractivity (Wildman–Crippen MR) is 66.6 cm³/mol. The van der Waals surface area contributed by atoms with E-state index in [9.17, 15) is 0 Å². The molecule has 90 valence electrons. The van der Waals surface area contributed by atoms with E-state index in [0.29, 0.717) is 6.04 Å². The monoisotopic (exact) mass is 283 g/mol. The Morgan fingerprint density at radius 1 is 1.25 bits per heavy atom. The molecule has 0 N–H and O–H groups in total. The molecule has 0 aliphatic rings. The molecule has 1 unspecified atom stereocenters. The number of quaternary nitrogens is 1. The van der Waals surface area contributed by atoms with Crippen molar-refractivity contribution in [2.24, 2.45) is 0 Å². The Balaban J connectivity index is 0.00000225. The van der Waals surface area contributed by atoms with Gasteiger partial charge in [0, 0.05) is 12.0 Å². The molecular weight excluding hydrogens is 262 g/mol. The van der Waals surface area contributed by atoms with Gasteiger partial charge in [-0.05, 0) is 6.92 Å². The van der Waals surface area contributed by atoms with Crippen LogP contribution in [0.4, 0.5) is 0 Å². The first-order valence-electron chi connectivity index (χ1n) is 5.60. The predicted octanol–water partition coefficient (Wildman–Crippen LogP) is 0.404. The third-order valence-corrected chi connectivity index (χ3v) is 3.23. The number of hydrogen-bond donors (Lipinski definition) is 0. The zero-order valence-electron chi connectivity index (χ0n) is 10.5. The van der Waals surface area contributed by atoms with Gasteiger partial charge >= 0.3 is 0 Å². The maximum absolute atomic E-state index is 3.86. The van der Waals surface area contributed by atoms with Gasteiger partial charge in [-0.1, -0.05) is 36.4 Å². The highest BCUT2D eigenvalue weighted by atomic mass is 79.9. The number of rotatable bonds is 5. The average molecular weight is 284 g/mol. The van der Waals surface area contributed by atoms with Crippen LogP contribution in [0.15, 0.2) is 43.0 Å². The molecule has 0 bridgehead atoms. The van der Waals surface area contributed by atoms with Gasteiger partial charge in [0.05, 0.1) is 20.6 Å². The van der Waals surface area contributed by atoms with Crippen molar-refractivity contribution in [1.82, 2.24) is 0 Å². The minimum Gasteiger partial charge on any atom is -1.00 e. The van der Waals surface area contributed by atoms with Crippen LogP contribution < -0.4 is 17.0 Å². The maximum Gasteiger partial charge on any atom is 0.118 e. The largest absolute Gasteiger partial charge is 1.00 e. The van der Waals surface area contributed by atoms with Gasteiger partial charge in [0.15, 0.2) is 0 Å². The third kappa shape index (κ3) is 3.76. The Labute approximate surface area is 110 Å². The topological polar surface area (TPSA) is 0 Å². The second-order valence-corrected chi connectivity index (χ2v) is 4.55. The number of benzene rings is 1. The molecule has 2 heteroatoms. The molecule has 0 fully saturated rings. The van der Waals surface area contributed by atoms with Gasteiger partial charge in [-0.3, -0.25) is 0 Å². The van der Waals surface area contributed by atoms with Crippen LogP contribution in [0.1, 0.15) is 24.9 Å². The summed E-state index contributed by atoms with van der Waals surface area (Å²) in [7, 11) is 4.56. The molecule has 0 amide bonds. The smallest absolute Gasteiger partial charge is 0.118 e. The molecule has 16 heavy (non-hydrogen) atoms. The number of nitrogens with zero attached hydrogens (tertiary/aromatic N) is 1. The first-order valence-corrected chi connectivity index (χ1v) is 5.60. The molecule has 1 nitrogen and oxygen atoms in total. The van der Waals surface area contributed by atoms with Gasteiger partial charge in [0.25, 0.3) is 0 Å². The molecule has 1 atom stereocenters. The van der Waals surface area contributed by atoms with Crippen molar-refractivity contribution in [3.63, 3.8) is 0 Å². The number of hydrogen-bond acceptors (Lipinski definition) is 0. The van der Waals surface area contributed by atoms with Gasteiger partial charge in [-0.15, -0.1) is 6.58 Å². The lowest BCUT2D eigenvalue weighted by Crippen LogP contribution is -3.00. The van der Waals surface area contributed by atoms with E-state index in [0.717, 1.165) is 17.4 Å². The summed E-state index contributed by atoms with van der Waals surface area (Å²) in [6, 6.07) is 11.2. The summed E-state index contributed by atoms with van der Waals surface area (Å²) >= 11 is 0. The molecule has 0 saturated heterocycles. The van der Waals surface area contributed by atoms with Crippen LogP contribution in [-0.4, -0.2) is 25.1 Å². The van der Waals surface area contributed by atoms with Crippen LogP contribution >= 0.6 is 0 Å². The van der Waals surface area contributed by atoms with Gasteiger partial charge in [0.2, 0.25) is 0 Å². The Hall–Kier alpha value is -0.600. The van der Waals surface area contributed by atoms with Crippen LogP contribution in [-0.2, 0) is 0 Å². The van der Waals surface area contributed by atoms with E-state index in [1.54, 1.807) is 0 Å². The van der Waals surface area contributed by atoms with Crippen molar-refractivity contribution in [3.8, 4) is 0 Å². The number of halogens is 1. The SMILES string of the molecule is C=CCC(c1ccccc1)[N+](C)(C)CC.[Br-]. The Morgan fingerprint density at radius 3 is 2.25 bits per heavy atom. The average Bonchev–Trinajstić information content (AvgIpc) is 2.27. The fourth-order valence-corrected chi connectivity index (χ4v) is 1.88. The van der Waals surface area contributed by atoms with E-state index in [2.05, 4.69) is 57.9 Å². The summed E-state index contributed by atoms with van der Waals surface area (Å²) in [6.45, 7) is 7.23. The quantitative estimate of drug-likeness (QED) is 0.542. The first-order chi connectivity index (χ1) is 7.11. The lowest BCUT2D eigenvalue weighted by molar-refractivity contribution is -0.919. The summed E-state index contributed by atoms with van der Waals surface area (Å²) in [4.78, 5) is 0. The molecule has 0 spiro atoms. The van der Waals surface area contributed by atoms with E-state index in [-0.39, 0.29) is 17.0 Å². The van der Waals surface area contributed by atoms with Crippen LogP contribution in [0.3, 0.4) is 0 Å². The highest BCUT2D eigenvalue weighted by molar-refractivity contribution is 5.18. The lowest BCUT2D eigenvalue weighted by Gasteiger charge is -2.37. The van der Waals surface area contributed by atoms with E-state index in [1.165, 1.54) is 5.56 Å².